The Bertz CT molecular complexity index is 88.6. The van der Waals surface area contributed by atoms with E-state index in [1.165, 1.54) is 0 Å². The highest BCUT2D eigenvalue weighted by molar-refractivity contribution is 8.97. The van der Waals surface area contributed by atoms with E-state index < -0.39 is 12.7 Å². The van der Waals surface area contributed by atoms with Crippen LogP contribution >= 0.6 is 21.3 Å². The van der Waals surface area contributed by atoms with Gasteiger partial charge in [-0.25, -0.2) is 0 Å². The van der Waals surface area contributed by atoms with Crippen LogP contribution in [0.2, 0.25) is 26.2 Å². The molecule has 0 bridgehead atoms. The van der Waals surface area contributed by atoms with Crippen molar-refractivity contribution in [2.75, 3.05) is 0 Å². The van der Waals surface area contributed by atoms with Gasteiger partial charge in [0.2, 0.25) is 0 Å². The molecular weight excluding hydrogens is 168 g/mol. The van der Waals surface area contributed by atoms with Crippen molar-refractivity contribution in [2.45, 2.75) is 26.2 Å². The van der Waals surface area contributed by atoms with Crippen molar-refractivity contribution in [3.8, 4) is 0 Å². The van der Waals surface area contributed by atoms with E-state index in [2.05, 4.69) is 47.5 Å². The summed E-state index contributed by atoms with van der Waals surface area (Å²) in [5.41, 5.74) is 0. The first-order valence-electron chi connectivity index (χ1n) is 2.82. The highest BCUT2D eigenvalue weighted by atomic mass is 32.9. The minimum absolute atomic E-state index is 0.691. The number of hydrogen-bond donors (Lipinski definition) is 0. The summed E-state index contributed by atoms with van der Waals surface area (Å²) in [6.45, 7) is 9.78. The lowest BCUT2D eigenvalue weighted by molar-refractivity contribution is 2.03. The fraction of sp³-hybridized carbons (Fsp3) is 1.00. The fourth-order valence-electron chi connectivity index (χ4n) is 1.19. The Balaban J connectivity index is 2.42. The van der Waals surface area contributed by atoms with E-state index in [-0.39, 0.29) is 0 Å². The summed E-state index contributed by atoms with van der Waals surface area (Å²) in [5, 5.41) is 0. The third-order valence-electron chi connectivity index (χ3n) is 0.983. The second kappa shape index (κ2) is 1.81. The summed E-state index contributed by atoms with van der Waals surface area (Å²) in [6, 6.07) is 0. The first-order valence-corrected chi connectivity index (χ1v) is 13.3. The van der Waals surface area contributed by atoms with Gasteiger partial charge in [-0.3, -0.25) is 0 Å². The van der Waals surface area contributed by atoms with Crippen molar-refractivity contribution in [1.29, 1.82) is 0 Å². The lowest BCUT2D eigenvalue weighted by atomic mass is 11.9. The molecule has 48 valence electrons. The van der Waals surface area contributed by atoms with Gasteiger partial charge in [0, 0.05) is 0 Å². The van der Waals surface area contributed by atoms with Crippen LogP contribution in [0.15, 0.2) is 0 Å². The minimum atomic E-state index is -0.691. The fourth-order valence-corrected chi connectivity index (χ4v) is 52.4. The largest absolute Gasteiger partial charge is 0.184 e. The molecule has 0 aliphatic carbocycles. The van der Waals surface area contributed by atoms with E-state index >= 15 is 0 Å². The van der Waals surface area contributed by atoms with Crippen LogP contribution in [0.3, 0.4) is 0 Å². The SMILES string of the molecule is C[Si]1(C)S[Si](C)(C)S1. The van der Waals surface area contributed by atoms with Gasteiger partial charge in [0.15, 0.2) is 12.7 Å². The van der Waals surface area contributed by atoms with E-state index in [9.17, 15) is 0 Å². The second-order valence-electron chi connectivity index (χ2n) is 3.00. The summed E-state index contributed by atoms with van der Waals surface area (Å²) in [6.07, 6.45) is -1.38. The van der Waals surface area contributed by atoms with Gasteiger partial charge >= 0.3 is 0 Å². The van der Waals surface area contributed by atoms with Crippen LogP contribution in [0, 0.1) is 0 Å². The van der Waals surface area contributed by atoms with Crippen LogP contribution in [0.5, 0.6) is 0 Å². The van der Waals surface area contributed by atoms with E-state index in [4.69, 9.17) is 0 Å². The molecule has 0 N–H and O–H groups in total. The van der Waals surface area contributed by atoms with Crippen LogP contribution in [0.25, 0.3) is 0 Å². The van der Waals surface area contributed by atoms with Crippen molar-refractivity contribution < 1.29 is 0 Å². The minimum Gasteiger partial charge on any atom is -0.184 e. The molecule has 0 saturated carbocycles. The Morgan fingerprint density at radius 3 is 1.00 bits per heavy atom. The molecular formula is C4H12S2Si2. The van der Waals surface area contributed by atoms with E-state index in [0.717, 1.165) is 0 Å². The molecule has 0 unspecified atom stereocenters. The zero-order valence-electron chi connectivity index (χ0n) is 5.82. The molecule has 0 aromatic carbocycles. The summed E-state index contributed by atoms with van der Waals surface area (Å²) >= 11 is 0. The molecule has 0 radical (unpaired) electrons. The molecule has 0 amide bonds. The molecule has 1 aliphatic rings. The lowest BCUT2D eigenvalue weighted by Crippen LogP contribution is -2.43. The van der Waals surface area contributed by atoms with Gasteiger partial charge in [-0.15, -0.1) is 0 Å². The smallest absolute Gasteiger partial charge is 0.160 e. The average Bonchev–Trinajstić information content (AvgIpc) is 1.20. The van der Waals surface area contributed by atoms with Gasteiger partial charge in [0.1, 0.15) is 0 Å². The quantitative estimate of drug-likeness (QED) is 0.526. The van der Waals surface area contributed by atoms with Crippen LogP contribution < -0.4 is 0 Å². The molecule has 8 heavy (non-hydrogen) atoms. The Morgan fingerprint density at radius 1 is 0.750 bits per heavy atom. The van der Waals surface area contributed by atoms with Gasteiger partial charge in [0.25, 0.3) is 0 Å². The van der Waals surface area contributed by atoms with E-state index in [1.54, 1.807) is 0 Å². The number of hydrogen-bond acceptors (Lipinski definition) is 2. The topological polar surface area (TPSA) is 0 Å². The molecule has 1 heterocycles. The van der Waals surface area contributed by atoms with Gasteiger partial charge in [-0.1, -0.05) is 26.2 Å². The van der Waals surface area contributed by atoms with Gasteiger partial charge in [0.05, 0.1) is 0 Å². The summed E-state index contributed by atoms with van der Waals surface area (Å²) in [5.74, 6) is 0. The maximum absolute atomic E-state index is 2.45. The maximum atomic E-state index is 2.45. The predicted octanol–water partition coefficient (Wildman–Crippen LogP) is 2.87. The second-order valence-corrected chi connectivity index (χ2v) is 27.7. The summed E-state index contributed by atoms with van der Waals surface area (Å²) in [4.78, 5) is 0. The molecule has 1 fully saturated rings. The number of rotatable bonds is 0. The van der Waals surface area contributed by atoms with E-state index in [0.29, 0.717) is 0 Å². The van der Waals surface area contributed by atoms with Crippen molar-refractivity contribution in [1.82, 2.24) is 0 Å². The summed E-state index contributed by atoms with van der Waals surface area (Å²) in [7, 11) is 4.66. The Hall–Kier alpha value is 1.13. The molecule has 0 spiro atoms. The molecule has 0 nitrogen and oxygen atoms in total. The average molecular weight is 180 g/mol. The zero-order chi connectivity index (χ0) is 6.41. The van der Waals surface area contributed by atoms with Gasteiger partial charge < -0.3 is 0 Å². The Kier molecular flexibility index (Phi) is 1.64. The third-order valence-corrected chi connectivity index (χ3v) is 35.5. The van der Waals surface area contributed by atoms with Crippen molar-refractivity contribution in [3.63, 3.8) is 0 Å². The van der Waals surface area contributed by atoms with Crippen LogP contribution in [0.4, 0.5) is 0 Å². The first-order chi connectivity index (χ1) is 3.41. The molecule has 1 aliphatic heterocycles. The highest BCUT2D eigenvalue weighted by Crippen LogP contribution is 2.57. The van der Waals surface area contributed by atoms with E-state index in [1.807, 2.05) is 0 Å². The molecule has 1 saturated heterocycles. The van der Waals surface area contributed by atoms with Gasteiger partial charge in [-0.2, -0.15) is 21.3 Å². The van der Waals surface area contributed by atoms with Crippen LogP contribution in [-0.2, 0) is 0 Å². The normalized spacial score (nSPS) is 31.5. The van der Waals surface area contributed by atoms with Crippen molar-refractivity contribution in [2.24, 2.45) is 0 Å². The first kappa shape index (κ1) is 7.24. The summed E-state index contributed by atoms with van der Waals surface area (Å²) < 4.78 is 0. The predicted molar refractivity (Wildman–Crippen MR) is 50.1 cm³/mol. The maximum Gasteiger partial charge on any atom is 0.160 e. The Labute approximate surface area is 60.4 Å². The Morgan fingerprint density at radius 2 is 1.00 bits per heavy atom. The third kappa shape index (κ3) is 1.56. The highest BCUT2D eigenvalue weighted by Gasteiger charge is 2.47. The van der Waals surface area contributed by atoms with Crippen molar-refractivity contribution in [3.05, 3.63) is 0 Å². The molecule has 1 rings (SSSR count). The van der Waals surface area contributed by atoms with Crippen LogP contribution in [-0.4, -0.2) is 12.7 Å². The molecule has 0 aromatic rings. The van der Waals surface area contributed by atoms with Crippen molar-refractivity contribution >= 4 is 34.1 Å². The molecule has 4 heteroatoms. The monoisotopic (exact) mass is 180 g/mol. The van der Waals surface area contributed by atoms with Crippen LogP contribution in [0.1, 0.15) is 0 Å². The zero-order valence-corrected chi connectivity index (χ0v) is 9.45. The lowest BCUT2D eigenvalue weighted by Gasteiger charge is -2.44. The standard InChI is InChI=1S/C4H12S2Si2/c1-7(2)5-8(3,4)6-7/h1-4H3. The van der Waals surface area contributed by atoms with Gasteiger partial charge in [-0.05, 0) is 0 Å². The molecule has 0 aromatic heterocycles. The molecule has 0 atom stereocenters.